The SMILES string of the molecule is CC(C)Cn1cnnc1C1(CN)CC1. The summed E-state index contributed by atoms with van der Waals surface area (Å²) in [6.45, 7) is 6.09. The van der Waals surface area contributed by atoms with E-state index >= 15 is 0 Å². The van der Waals surface area contributed by atoms with Crippen LogP contribution in [0.4, 0.5) is 0 Å². The summed E-state index contributed by atoms with van der Waals surface area (Å²) in [6, 6.07) is 0. The van der Waals surface area contributed by atoms with Crippen molar-refractivity contribution in [2.24, 2.45) is 11.7 Å². The lowest BCUT2D eigenvalue weighted by Crippen LogP contribution is -2.25. The summed E-state index contributed by atoms with van der Waals surface area (Å²) in [7, 11) is 0. The smallest absolute Gasteiger partial charge is 0.140 e. The fourth-order valence-electron chi connectivity index (χ4n) is 1.86. The maximum atomic E-state index is 5.78. The zero-order valence-electron chi connectivity index (χ0n) is 8.90. The minimum atomic E-state index is 0.158. The van der Waals surface area contributed by atoms with E-state index in [2.05, 4.69) is 28.6 Å². The molecule has 4 heteroatoms. The van der Waals surface area contributed by atoms with Crippen LogP contribution in [0.25, 0.3) is 0 Å². The molecule has 1 saturated carbocycles. The van der Waals surface area contributed by atoms with Crippen molar-refractivity contribution in [3.8, 4) is 0 Å². The van der Waals surface area contributed by atoms with Crippen molar-refractivity contribution in [2.45, 2.75) is 38.6 Å². The highest BCUT2D eigenvalue weighted by molar-refractivity contribution is 5.18. The fraction of sp³-hybridized carbons (Fsp3) is 0.800. The molecule has 0 bridgehead atoms. The van der Waals surface area contributed by atoms with Crippen molar-refractivity contribution >= 4 is 0 Å². The third-order valence-corrected chi connectivity index (χ3v) is 2.90. The summed E-state index contributed by atoms with van der Waals surface area (Å²) in [6.07, 6.45) is 4.16. The van der Waals surface area contributed by atoms with E-state index in [1.807, 2.05) is 6.33 Å². The van der Waals surface area contributed by atoms with Gasteiger partial charge in [0.05, 0.1) is 0 Å². The molecule has 14 heavy (non-hydrogen) atoms. The van der Waals surface area contributed by atoms with Gasteiger partial charge in [0.15, 0.2) is 0 Å². The zero-order valence-corrected chi connectivity index (χ0v) is 8.90. The molecule has 78 valence electrons. The maximum absolute atomic E-state index is 5.78. The summed E-state index contributed by atoms with van der Waals surface area (Å²) in [5.41, 5.74) is 5.94. The number of rotatable bonds is 4. The molecule has 2 rings (SSSR count). The Morgan fingerprint density at radius 1 is 1.57 bits per heavy atom. The van der Waals surface area contributed by atoms with Crippen molar-refractivity contribution in [1.82, 2.24) is 14.8 Å². The van der Waals surface area contributed by atoms with Gasteiger partial charge in [-0.3, -0.25) is 0 Å². The van der Waals surface area contributed by atoms with Gasteiger partial charge in [-0.15, -0.1) is 10.2 Å². The van der Waals surface area contributed by atoms with Gasteiger partial charge in [0.1, 0.15) is 12.2 Å². The minimum absolute atomic E-state index is 0.158. The van der Waals surface area contributed by atoms with Crippen molar-refractivity contribution in [1.29, 1.82) is 0 Å². The summed E-state index contributed by atoms with van der Waals surface area (Å²) in [5, 5.41) is 8.19. The fourth-order valence-corrected chi connectivity index (χ4v) is 1.86. The van der Waals surface area contributed by atoms with Gasteiger partial charge < -0.3 is 10.3 Å². The average Bonchev–Trinajstić information content (AvgIpc) is 2.81. The quantitative estimate of drug-likeness (QED) is 0.775. The summed E-state index contributed by atoms with van der Waals surface area (Å²) in [4.78, 5) is 0. The van der Waals surface area contributed by atoms with Crippen LogP contribution in [0.15, 0.2) is 6.33 Å². The molecule has 1 fully saturated rings. The molecule has 4 nitrogen and oxygen atoms in total. The first-order valence-electron chi connectivity index (χ1n) is 5.26. The molecule has 0 saturated heterocycles. The Kier molecular flexibility index (Phi) is 2.31. The van der Waals surface area contributed by atoms with Gasteiger partial charge in [-0.25, -0.2) is 0 Å². The topological polar surface area (TPSA) is 56.7 Å². The van der Waals surface area contributed by atoms with Crippen LogP contribution < -0.4 is 5.73 Å². The molecule has 0 spiro atoms. The Bertz CT molecular complexity index is 312. The molecule has 0 aliphatic heterocycles. The van der Waals surface area contributed by atoms with E-state index in [4.69, 9.17) is 5.73 Å². The average molecular weight is 194 g/mol. The van der Waals surface area contributed by atoms with E-state index in [1.165, 1.54) is 12.8 Å². The predicted molar refractivity (Wildman–Crippen MR) is 54.8 cm³/mol. The maximum Gasteiger partial charge on any atom is 0.140 e. The first-order chi connectivity index (χ1) is 6.68. The number of nitrogens with zero attached hydrogens (tertiary/aromatic N) is 3. The van der Waals surface area contributed by atoms with Crippen molar-refractivity contribution < 1.29 is 0 Å². The zero-order chi connectivity index (χ0) is 10.2. The van der Waals surface area contributed by atoms with E-state index in [9.17, 15) is 0 Å². The minimum Gasteiger partial charge on any atom is -0.329 e. The first kappa shape index (κ1) is 9.65. The Labute approximate surface area is 84.5 Å². The molecule has 1 aromatic rings. The Hall–Kier alpha value is -0.900. The van der Waals surface area contributed by atoms with Gasteiger partial charge in [-0.2, -0.15) is 0 Å². The van der Waals surface area contributed by atoms with Crippen LogP contribution in [0.1, 0.15) is 32.5 Å². The summed E-state index contributed by atoms with van der Waals surface area (Å²) < 4.78 is 2.16. The predicted octanol–water partition coefficient (Wildman–Crippen LogP) is 0.924. The molecular formula is C10H18N4. The summed E-state index contributed by atoms with van der Waals surface area (Å²) in [5.74, 6) is 1.71. The van der Waals surface area contributed by atoms with E-state index in [0.29, 0.717) is 12.5 Å². The molecule has 0 unspecified atom stereocenters. The highest BCUT2D eigenvalue weighted by atomic mass is 15.3. The Morgan fingerprint density at radius 3 is 2.79 bits per heavy atom. The van der Waals surface area contributed by atoms with E-state index in [-0.39, 0.29) is 5.41 Å². The van der Waals surface area contributed by atoms with Crippen molar-refractivity contribution in [3.05, 3.63) is 12.2 Å². The van der Waals surface area contributed by atoms with E-state index in [0.717, 1.165) is 12.4 Å². The molecular weight excluding hydrogens is 176 g/mol. The van der Waals surface area contributed by atoms with Crippen LogP contribution in [-0.2, 0) is 12.0 Å². The van der Waals surface area contributed by atoms with E-state index in [1.54, 1.807) is 0 Å². The van der Waals surface area contributed by atoms with Crippen LogP contribution in [0.5, 0.6) is 0 Å². The standard InChI is InChI=1S/C10H18N4/c1-8(2)5-14-7-12-13-9(14)10(6-11)3-4-10/h7-8H,3-6,11H2,1-2H3. The van der Waals surface area contributed by atoms with Gasteiger partial charge >= 0.3 is 0 Å². The van der Waals surface area contributed by atoms with Crippen LogP contribution in [0, 0.1) is 5.92 Å². The number of hydrogen-bond acceptors (Lipinski definition) is 3. The van der Waals surface area contributed by atoms with Crippen LogP contribution in [0.3, 0.4) is 0 Å². The molecule has 0 radical (unpaired) electrons. The van der Waals surface area contributed by atoms with Crippen molar-refractivity contribution in [3.63, 3.8) is 0 Å². The molecule has 1 aliphatic carbocycles. The molecule has 1 heterocycles. The molecule has 1 aliphatic rings. The largest absolute Gasteiger partial charge is 0.329 e. The van der Waals surface area contributed by atoms with E-state index < -0.39 is 0 Å². The van der Waals surface area contributed by atoms with Gasteiger partial charge in [-0.1, -0.05) is 13.8 Å². The second-order valence-electron chi connectivity index (χ2n) is 4.69. The molecule has 1 aromatic heterocycles. The van der Waals surface area contributed by atoms with Gasteiger partial charge in [0.2, 0.25) is 0 Å². The lowest BCUT2D eigenvalue weighted by molar-refractivity contribution is 0.482. The Balaban J connectivity index is 2.21. The Morgan fingerprint density at radius 2 is 2.29 bits per heavy atom. The van der Waals surface area contributed by atoms with Crippen LogP contribution in [-0.4, -0.2) is 21.3 Å². The second kappa shape index (κ2) is 3.35. The molecule has 2 N–H and O–H groups in total. The summed E-state index contributed by atoms with van der Waals surface area (Å²) >= 11 is 0. The normalized spacial score (nSPS) is 18.9. The lowest BCUT2D eigenvalue weighted by Gasteiger charge is -2.14. The molecule has 0 aromatic carbocycles. The highest BCUT2D eigenvalue weighted by Gasteiger charge is 2.46. The third kappa shape index (κ3) is 1.54. The lowest BCUT2D eigenvalue weighted by atomic mass is 10.1. The molecule has 0 amide bonds. The second-order valence-corrected chi connectivity index (χ2v) is 4.69. The highest BCUT2D eigenvalue weighted by Crippen LogP contribution is 2.46. The third-order valence-electron chi connectivity index (χ3n) is 2.90. The number of nitrogens with two attached hydrogens (primary N) is 1. The van der Waals surface area contributed by atoms with Crippen LogP contribution >= 0.6 is 0 Å². The monoisotopic (exact) mass is 194 g/mol. The number of hydrogen-bond donors (Lipinski definition) is 1. The van der Waals surface area contributed by atoms with Gasteiger partial charge in [0.25, 0.3) is 0 Å². The first-order valence-corrected chi connectivity index (χ1v) is 5.26. The van der Waals surface area contributed by atoms with Gasteiger partial charge in [-0.05, 0) is 18.8 Å². The van der Waals surface area contributed by atoms with Crippen molar-refractivity contribution in [2.75, 3.05) is 6.54 Å². The number of aromatic nitrogens is 3. The van der Waals surface area contributed by atoms with Crippen LogP contribution in [0.2, 0.25) is 0 Å². The van der Waals surface area contributed by atoms with Gasteiger partial charge in [0, 0.05) is 18.5 Å². The molecule has 0 atom stereocenters.